The zero-order chi connectivity index (χ0) is 13.1. The fraction of sp³-hybridized carbons (Fsp3) is 0.667. The lowest BCUT2D eigenvalue weighted by atomic mass is 10.3. The molecular formula is C12H20N4O2. The number of ether oxygens (including phenoxy) is 1. The molecule has 0 aliphatic carbocycles. The minimum Gasteiger partial charge on any atom is -0.375 e. The normalized spacial score (nSPS) is 19.3. The largest absolute Gasteiger partial charge is 0.375 e. The van der Waals surface area contributed by atoms with Crippen LogP contribution in [0.4, 0.5) is 4.79 Å². The molecule has 0 spiro atoms. The number of urea groups is 1. The van der Waals surface area contributed by atoms with Gasteiger partial charge in [-0.15, -0.1) is 0 Å². The van der Waals surface area contributed by atoms with Crippen LogP contribution >= 0.6 is 0 Å². The van der Waals surface area contributed by atoms with Gasteiger partial charge < -0.3 is 14.5 Å². The van der Waals surface area contributed by atoms with Gasteiger partial charge in [-0.2, -0.15) is 5.10 Å². The van der Waals surface area contributed by atoms with Gasteiger partial charge in [0, 0.05) is 26.9 Å². The molecule has 0 fully saturated rings. The molecule has 100 valence electrons. The summed E-state index contributed by atoms with van der Waals surface area (Å²) < 4.78 is 7.60. The molecule has 0 saturated carbocycles. The van der Waals surface area contributed by atoms with Crippen LogP contribution in [0.15, 0.2) is 12.3 Å². The lowest BCUT2D eigenvalue weighted by molar-refractivity contribution is 0.0313. The van der Waals surface area contributed by atoms with Crippen molar-refractivity contribution >= 4 is 6.03 Å². The summed E-state index contributed by atoms with van der Waals surface area (Å²) in [6.45, 7) is 4.50. The van der Waals surface area contributed by atoms with Gasteiger partial charge in [0.1, 0.15) is 0 Å². The van der Waals surface area contributed by atoms with Crippen molar-refractivity contribution in [3.05, 3.63) is 18.0 Å². The molecule has 1 aliphatic heterocycles. The Kier molecular flexibility index (Phi) is 3.86. The molecule has 0 aromatic carbocycles. The van der Waals surface area contributed by atoms with Crippen LogP contribution < -0.4 is 0 Å². The highest BCUT2D eigenvalue weighted by molar-refractivity contribution is 5.73. The molecule has 0 unspecified atom stereocenters. The Morgan fingerprint density at radius 3 is 3.00 bits per heavy atom. The molecule has 6 heteroatoms. The van der Waals surface area contributed by atoms with Gasteiger partial charge in [-0.1, -0.05) is 0 Å². The summed E-state index contributed by atoms with van der Waals surface area (Å²) in [5, 5.41) is 4.27. The first-order valence-electron chi connectivity index (χ1n) is 6.20. The molecule has 6 nitrogen and oxygen atoms in total. The summed E-state index contributed by atoms with van der Waals surface area (Å²) >= 11 is 0. The highest BCUT2D eigenvalue weighted by Gasteiger charge is 2.26. The minimum atomic E-state index is 0.0000463. The molecule has 1 aromatic heterocycles. The Bertz CT molecular complexity index is 416. The Labute approximate surface area is 107 Å². The monoisotopic (exact) mass is 252 g/mol. The van der Waals surface area contributed by atoms with Gasteiger partial charge >= 0.3 is 6.03 Å². The summed E-state index contributed by atoms with van der Waals surface area (Å²) in [6, 6.07) is 1.96. The second-order valence-corrected chi connectivity index (χ2v) is 4.64. The minimum absolute atomic E-state index is 0.0000463. The highest BCUT2D eigenvalue weighted by Crippen LogP contribution is 2.14. The average Bonchev–Trinajstić information content (AvgIpc) is 2.68. The van der Waals surface area contributed by atoms with Crippen molar-refractivity contribution in [2.24, 2.45) is 0 Å². The van der Waals surface area contributed by atoms with Crippen molar-refractivity contribution in [1.82, 2.24) is 19.6 Å². The maximum atomic E-state index is 12.1. The number of carbonyl (C=O) groups excluding carboxylic acids is 1. The van der Waals surface area contributed by atoms with Gasteiger partial charge in [0.25, 0.3) is 0 Å². The van der Waals surface area contributed by atoms with Crippen LogP contribution in [0.5, 0.6) is 0 Å². The number of nitrogens with zero attached hydrogens (tertiary/aromatic N) is 4. The van der Waals surface area contributed by atoms with Gasteiger partial charge in [-0.05, 0) is 13.0 Å². The van der Waals surface area contributed by atoms with Gasteiger partial charge in [0.2, 0.25) is 0 Å². The summed E-state index contributed by atoms with van der Waals surface area (Å²) in [4.78, 5) is 15.5. The van der Waals surface area contributed by atoms with E-state index in [4.69, 9.17) is 4.74 Å². The van der Waals surface area contributed by atoms with Crippen molar-refractivity contribution in [2.45, 2.75) is 26.1 Å². The molecule has 1 atom stereocenters. The average molecular weight is 252 g/mol. The molecule has 0 bridgehead atoms. The molecular weight excluding hydrogens is 232 g/mol. The predicted molar refractivity (Wildman–Crippen MR) is 67.1 cm³/mol. The van der Waals surface area contributed by atoms with Crippen LogP contribution in [0.1, 0.15) is 12.6 Å². The van der Waals surface area contributed by atoms with E-state index in [2.05, 4.69) is 5.10 Å². The Morgan fingerprint density at radius 2 is 2.33 bits per heavy atom. The van der Waals surface area contributed by atoms with Crippen LogP contribution in [0.25, 0.3) is 0 Å². The number of aromatic nitrogens is 2. The maximum absolute atomic E-state index is 12.1. The summed E-state index contributed by atoms with van der Waals surface area (Å²) in [7, 11) is 3.53. The molecule has 1 aliphatic rings. The topological polar surface area (TPSA) is 50.6 Å². The van der Waals surface area contributed by atoms with Crippen molar-refractivity contribution in [2.75, 3.05) is 27.2 Å². The fourth-order valence-electron chi connectivity index (χ4n) is 2.18. The summed E-state index contributed by atoms with van der Waals surface area (Å²) in [6.07, 6.45) is 1.77. The van der Waals surface area contributed by atoms with Crippen LogP contribution in [-0.4, -0.2) is 59.0 Å². The van der Waals surface area contributed by atoms with Crippen LogP contribution in [0, 0.1) is 0 Å². The van der Waals surface area contributed by atoms with E-state index in [0.29, 0.717) is 26.2 Å². The van der Waals surface area contributed by atoms with E-state index >= 15 is 0 Å². The predicted octanol–water partition coefficient (Wildman–Crippen LogP) is 0.785. The second-order valence-electron chi connectivity index (χ2n) is 4.64. The Hall–Kier alpha value is -1.56. The van der Waals surface area contributed by atoms with E-state index < -0.39 is 0 Å². The zero-order valence-corrected chi connectivity index (χ0v) is 11.2. The van der Waals surface area contributed by atoms with E-state index in [1.54, 1.807) is 30.1 Å². The maximum Gasteiger partial charge on any atom is 0.319 e. The van der Waals surface area contributed by atoms with Gasteiger partial charge in [-0.25, -0.2) is 4.79 Å². The third kappa shape index (κ3) is 2.64. The van der Waals surface area contributed by atoms with Crippen molar-refractivity contribution < 1.29 is 9.53 Å². The van der Waals surface area contributed by atoms with E-state index in [-0.39, 0.29) is 12.1 Å². The molecule has 0 radical (unpaired) electrons. The Balaban J connectivity index is 2.19. The van der Waals surface area contributed by atoms with Gasteiger partial charge in [0.05, 0.1) is 31.4 Å². The lowest BCUT2D eigenvalue weighted by Crippen LogP contribution is -2.42. The third-order valence-corrected chi connectivity index (χ3v) is 3.01. The smallest absolute Gasteiger partial charge is 0.319 e. The first kappa shape index (κ1) is 12.9. The number of rotatable bonds is 2. The number of carbonyl (C=O) groups is 1. The molecule has 0 saturated heterocycles. The van der Waals surface area contributed by atoms with Crippen molar-refractivity contribution in [3.8, 4) is 0 Å². The van der Waals surface area contributed by atoms with Crippen LogP contribution in [-0.2, 0) is 17.8 Å². The number of fused-ring (bicyclic) bond motifs is 1. The molecule has 2 rings (SSSR count). The van der Waals surface area contributed by atoms with E-state index in [1.807, 2.05) is 17.7 Å². The lowest BCUT2D eigenvalue weighted by Gasteiger charge is -2.26. The van der Waals surface area contributed by atoms with Crippen molar-refractivity contribution in [3.63, 3.8) is 0 Å². The van der Waals surface area contributed by atoms with Gasteiger partial charge in [-0.3, -0.25) is 4.68 Å². The van der Waals surface area contributed by atoms with Crippen molar-refractivity contribution in [1.29, 1.82) is 0 Å². The second kappa shape index (κ2) is 5.39. The molecule has 0 N–H and O–H groups in total. The molecule has 1 aromatic rings. The third-order valence-electron chi connectivity index (χ3n) is 3.01. The molecule has 2 heterocycles. The standard InChI is InChI=1S/C12H20N4O2/c1-4-18-11-8-15(12(17)14(2)3)7-10-5-6-13-16(10)9-11/h5-6,11H,4,7-9H2,1-3H3/t11-/m1/s1. The van der Waals surface area contributed by atoms with Crippen LogP contribution in [0.2, 0.25) is 0 Å². The fourth-order valence-corrected chi connectivity index (χ4v) is 2.18. The molecule has 2 amide bonds. The molecule has 18 heavy (non-hydrogen) atoms. The first-order chi connectivity index (χ1) is 8.61. The van der Waals surface area contributed by atoms with Gasteiger partial charge in [0.15, 0.2) is 0 Å². The number of amides is 2. The van der Waals surface area contributed by atoms with Crippen LogP contribution in [0.3, 0.4) is 0 Å². The Morgan fingerprint density at radius 1 is 1.56 bits per heavy atom. The summed E-state index contributed by atoms with van der Waals surface area (Å²) in [5.41, 5.74) is 1.05. The SMILES string of the molecule is CCO[C@@H]1CN(C(=O)N(C)C)Cc2ccnn2C1. The van der Waals surface area contributed by atoms with E-state index in [0.717, 1.165) is 5.69 Å². The number of hydrogen-bond donors (Lipinski definition) is 0. The van der Waals surface area contributed by atoms with E-state index in [9.17, 15) is 4.79 Å². The quantitative estimate of drug-likeness (QED) is 0.781. The number of hydrogen-bond acceptors (Lipinski definition) is 3. The highest BCUT2D eigenvalue weighted by atomic mass is 16.5. The zero-order valence-electron chi connectivity index (χ0n) is 11.2. The first-order valence-corrected chi connectivity index (χ1v) is 6.20. The summed E-state index contributed by atoms with van der Waals surface area (Å²) in [5.74, 6) is 0. The van der Waals surface area contributed by atoms with E-state index in [1.165, 1.54) is 0 Å².